The molecule has 0 spiro atoms. The molecule has 124 valence electrons. The minimum Gasteiger partial charge on any atom is -0.444 e. The highest BCUT2D eigenvalue weighted by atomic mass is 19.2. The molecule has 4 nitrogen and oxygen atoms in total. The van der Waals surface area contributed by atoms with Crippen LogP contribution >= 0.6 is 0 Å². The van der Waals surface area contributed by atoms with Gasteiger partial charge in [-0.3, -0.25) is 4.90 Å². The maximum Gasteiger partial charge on any atom is 0.226 e. The van der Waals surface area contributed by atoms with Gasteiger partial charge in [-0.2, -0.15) is 0 Å². The van der Waals surface area contributed by atoms with Crippen LogP contribution in [0.1, 0.15) is 31.9 Å². The highest BCUT2D eigenvalue weighted by Crippen LogP contribution is 2.26. The molecule has 1 fully saturated rings. The van der Waals surface area contributed by atoms with E-state index in [1.165, 1.54) is 12.3 Å². The summed E-state index contributed by atoms with van der Waals surface area (Å²) >= 11 is 0. The molecule has 1 aliphatic rings. The first-order chi connectivity index (χ1) is 11.1. The number of piperidine rings is 1. The van der Waals surface area contributed by atoms with Crippen LogP contribution in [-0.2, 0) is 6.54 Å². The van der Waals surface area contributed by atoms with Gasteiger partial charge in [0, 0.05) is 24.2 Å². The minimum atomic E-state index is -0.924. The van der Waals surface area contributed by atoms with Crippen molar-refractivity contribution in [1.82, 2.24) is 9.88 Å². The molecule has 0 bridgehead atoms. The molecular weight excluding hydrogens is 302 g/mol. The zero-order chi connectivity index (χ0) is 16.4. The van der Waals surface area contributed by atoms with E-state index in [-0.39, 0.29) is 18.5 Å². The lowest BCUT2D eigenvalue weighted by atomic mass is 9.97. The SMILES string of the molecule is CC1CCCC(CO)N1Cc1coc(-c2ccc(F)c(F)c2)n1. The second-order valence-corrected chi connectivity index (χ2v) is 6.06. The normalized spacial score (nSPS) is 22.4. The lowest BCUT2D eigenvalue weighted by Gasteiger charge is -2.39. The Kier molecular flexibility index (Phi) is 4.73. The largest absolute Gasteiger partial charge is 0.444 e. The lowest BCUT2D eigenvalue weighted by Crippen LogP contribution is -2.46. The van der Waals surface area contributed by atoms with Crippen LogP contribution in [0.15, 0.2) is 28.9 Å². The summed E-state index contributed by atoms with van der Waals surface area (Å²) in [5.41, 5.74) is 1.12. The molecule has 6 heteroatoms. The Hall–Kier alpha value is -1.79. The second kappa shape index (κ2) is 6.76. The van der Waals surface area contributed by atoms with E-state index < -0.39 is 11.6 Å². The maximum absolute atomic E-state index is 13.3. The van der Waals surface area contributed by atoms with Crippen molar-refractivity contribution < 1.29 is 18.3 Å². The van der Waals surface area contributed by atoms with E-state index in [2.05, 4.69) is 16.8 Å². The van der Waals surface area contributed by atoms with Crippen molar-refractivity contribution in [3.63, 3.8) is 0 Å². The standard InChI is InChI=1S/C17H20F2N2O2/c1-11-3-2-4-14(9-22)21(11)8-13-10-23-17(20-13)12-5-6-15(18)16(19)7-12/h5-7,10-11,14,22H,2-4,8-9H2,1H3. The Balaban J connectivity index is 1.77. The summed E-state index contributed by atoms with van der Waals surface area (Å²) in [5, 5.41) is 9.53. The van der Waals surface area contributed by atoms with E-state index in [9.17, 15) is 13.9 Å². The van der Waals surface area contributed by atoms with E-state index >= 15 is 0 Å². The number of aliphatic hydroxyl groups is 1. The predicted octanol–water partition coefficient (Wildman–Crippen LogP) is 3.36. The Morgan fingerprint density at radius 2 is 2.13 bits per heavy atom. The van der Waals surface area contributed by atoms with Crippen molar-refractivity contribution >= 4 is 0 Å². The summed E-state index contributed by atoms with van der Waals surface area (Å²) in [4.78, 5) is 6.59. The second-order valence-electron chi connectivity index (χ2n) is 6.06. The first-order valence-electron chi connectivity index (χ1n) is 7.85. The highest BCUT2D eigenvalue weighted by molar-refractivity contribution is 5.53. The first-order valence-corrected chi connectivity index (χ1v) is 7.85. The number of likely N-dealkylation sites (tertiary alicyclic amines) is 1. The molecule has 2 unspecified atom stereocenters. The third-order valence-electron chi connectivity index (χ3n) is 4.47. The van der Waals surface area contributed by atoms with Crippen molar-refractivity contribution in [2.24, 2.45) is 0 Å². The summed E-state index contributed by atoms with van der Waals surface area (Å²) in [7, 11) is 0. The van der Waals surface area contributed by atoms with Gasteiger partial charge in [-0.1, -0.05) is 6.42 Å². The lowest BCUT2D eigenvalue weighted by molar-refractivity contribution is 0.0442. The van der Waals surface area contributed by atoms with Crippen LogP contribution < -0.4 is 0 Å². The van der Waals surface area contributed by atoms with Crippen LogP contribution in [-0.4, -0.2) is 33.7 Å². The summed E-state index contributed by atoms with van der Waals surface area (Å²) in [5.74, 6) is -1.55. The predicted molar refractivity (Wildman–Crippen MR) is 81.6 cm³/mol. The molecule has 1 saturated heterocycles. The zero-order valence-electron chi connectivity index (χ0n) is 13.0. The van der Waals surface area contributed by atoms with Crippen molar-refractivity contribution in [2.75, 3.05) is 6.61 Å². The molecule has 2 aromatic rings. The van der Waals surface area contributed by atoms with Gasteiger partial charge in [-0.05, 0) is 38.0 Å². The molecule has 1 aromatic heterocycles. The van der Waals surface area contributed by atoms with Crippen molar-refractivity contribution in [3.05, 3.63) is 41.8 Å². The average Bonchev–Trinajstić information content (AvgIpc) is 3.00. The number of nitrogens with zero attached hydrogens (tertiary/aromatic N) is 2. The molecule has 0 aliphatic carbocycles. The molecule has 1 N–H and O–H groups in total. The molecule has 0 radical (unpaired) electrons. The topological polar surface area (TPSA) is 49.5 Å². The van der Waals surface area contributed by atoms with Crippen LogP contribution in [0.3, 0.4) is 0 Å². The number of aliphatic hydroxyl groups excluding tert-OH is 1. The van der Waals surface area contributed by atoms with Crippen molar-refractivity contribution in [3.8, 4) is 11.5 Å². The molecule has 3 rings (SSSR count). The number of aromatic nitrogens is 1. The molecule has 1 aliphatic heterocycles. The number of rotatable bonds is 4. The highest BCUT2D eigenvalue weighted by Gasteiger charge is 2.28. The summed E-state index contributed by atoms with van der Waals surface area (Å²) in [6, 6.07) is 4.06. The van der Waals surface area contributed by atoms with Crippen LogP contribution in [0.2, 0.25) is 0 Å². The van der Waals surface area contributed by atoms with E-state index in [1.54, 1.807) is 0 Å². The van der Waals surface area contributed by atoms with Gasteiger partial charge < -0.3 is 9.52 Å². The van der Waals surface area contributed by atoms with Gasteiger partial charge in [0.2, 0.25) is 5.89 Å². The molecule has 0 amide bonds. The number of oxazole rings is 1. The van der Waals surface area contributed by atoms with E-state index in [4.69, 9.17) is 4.42 Å². The fourth-order valence-corrected chi connectivity index (χ4v) is 3.15. The van der Waals surface area contributed by atoms with Gasteiger partial charge in [-0.15, -0.1) is 0 Å². The molecular formula is C17H20F2N2O2. The summed E-state index contributed by atoms with van der Waals surface area (Å²) in [6.07, 6.45) is 4.70. The third kappa shape index (κ3) is 3.43. The number of hydrogen-bond acceptors (Lipinski definition) is 4. The van der Waals surface area contributed by atoms with E-state index in [1.807, 2.05) is 0 Å². The zero-order valence-corrected chi connectivity index (χ0v) is 13.0. The number of hydrogen-bond donors (Lipinski definition) is 1. The Morgan fingerprint density at radius 3 is 2.87 bits per heavy atom. The summed E-state index contributed by atoms with van der Waals surface area (Å²) in [6.45, 7) is 2.83. The van der Waals surface area contributed by atoms with Gasteiger partial charge in [0.25, 0.3) is 0 Å². The van der Waals surface area contributed by atoms with Crippen LogP contribution in [0.25, 0.3) is 11.5 Å². The van der Waals surface area contributed by atoms with E-state index in [0.717, 1.165) is 37.1 Å². The molecule has 2 heterocycles. The fraction of sp³-hybridized carbons (Fsp3) is 0.471. The van der Waals surface area contributed by atoms with Gasteiger partial charge in [0.1, 0.15) is 6.26 Å². The third-order valence-corrected chi connectivity index (χ3v) is 4.47. The maximum atomic E-state index is 13.3. The van der Waals surface area contributed by atoms with Crippen molar-refractivity contribution in [1.29, 1.82) is 0 Å². The minimum absolute atomic E-state index is 0.123. The van der Waals surface area contributed by atoms with E-state index in [0.29, 0.717) is 18.2 Å². The molecule has 23 heavy (non-hydrogen) atoms. The Morgan fingerprint density at radius 1 is 1.30 bits per heavy atom. The summed E-state index contributed by atoms with van der Waals surface area (Å²) < 4.78 is 31.7. The van der Waals surface area contributed by atoms with Crippen LogP contribution in [0, 0.1) is 11.6 Å². The number of halogens is 2. The van der Waals surface area contributed by atoms with Crippen LogP contribution in [0.5, 0.6) is 0 Å². The van der Waals surface area contributed by atoms with Gasteiger partial charge in [0.15, 0.2) is 11.6 Å². The van der Waals surface area contributed by atoms with Gasteiger partial charge in [-0.25, -0.2) is 13.8 Å². The molecule has 2 atom stereocenters. The smallest absolute Gasteiger partial charge is 0.226 e. The van der Waals surface area contributed by atoms with Crippen molar-refractivity contribution in [2.45, 2.75) is 44.8 Å². The molecule has 0 saturated carbocycles. The van der Waals surface area contributed by atoms with Gasteiger partial charge in [0.05, 0.1) is 12.3 Å². The fourth-order valence-electron chi connectivity index (χ4n) is 3.15. The number of benzene rings is 1. The Bertz CT molecular complexity index is 674. The van der Waals surface area contributed by atoms with Crippen LogP contribution in [0.4, 0.5) is 8.78 Å². The Labute approximate surface area is 133 Å². The molecule has 1 aromatic carbocycles. The average molecular weight is 322 g/mol. The quantitative estimate of drug-likeness (QED) is 0.938. The monoisotopic (exact) mass is 322 g/mol. The van der Waals surface area contributed by atoms with Gasteiger partial charge >= 0.3 is 0 Å². The first kappa shape index (κ1) is 16.1.